The maximum atomic E-state index is 12.7. The molecule has 1 aromatic heterocycles. The number of para-hydroxylation sites is 1. The Labute approximate surface area is 158 Å². The number of aromatic nitrogens is 2. The minimum absolute atomic E-state index is 0.0895. The normalized spacial score (nSPS) is 10.6. The van der Waals surface area contributed by atoms with E-state index in [0.717, 1.165) is 28.8 Å². The summed E-state index contributed by atoms with van der Waals surface area (Å²) in [5.41, 5.74) is 4.08. The van der Waals surface area contributed by atoms with Crippen LogP contribution in [0.1, 0.15) is 23.7 Å². The van der Waals surface area contributed by atoms with Crippen LogP contribution in [-0.4, -0.2) is 15.5 Å². The fraction of sp³-hybridized carbons (Fsp3) is 0.227. The van der Waals surface area contributed by atoms with E-state index in [2.05, 4.69) is 10.3 Å². The van der Waals surface area contributed by atoms with Crippen LogP contribution in [0, 0.1) is 13.8 Å². The van der Waals surface area contributed by atoms with Crippen molar-refractivity contribution in [1.82, 2.24) is 9.55 Å². The van der Waals surface area contributed by atoms with E-state index in [-0.39, 0.29) is 18.0 Å². The monoisotopic (exact) mass is 361 g/mol. The summed E-state index contributed by atoms with van der Waals surface area (Å²) in [6.07, 6.45) is 0.818. The van der Waals surface area contributed by atoms with Gasteiger partial charge in [0.15, 0.2) is 0 Å². The molecule has 27 heavy (non-hydrogen) atoms. The van der Waals surface area contributed by atoms with Crippen molar-refractivity contribution in [3.8, 4) is 11.4 Å². The molecular formula is C22H23N3O2. The van der Waals surface area contributed by atoms with Crippen LogP contribution in [0.3, 0.4) is 0 Å². The summed E-state index contributed by atoms with van der Waals surface area (Å²) in [4.78, 5) is 29.8. The number of amides is 1. The van der Waals surface area contributed by atoms with Crippen LogP contribution in [0.15, 0.2) is 59.4 Å². The van der Waals surface area contributed by atoms with Gasteiger partial charge in [-0.1, -0.05) is 55.5 Å². The Kier molecular flexibility index (Phi) is 5.50. The molecule has 2 aromatic carbocycles. The zero-order chi connectivity index (χ0) is 19.4. The highest BCUT2D eigenvalue weighted by molar-refractivity contribution is 5.92. The first-order valence-corrected chi connectivity index (χ1v) is 9.02. The molecule has 0 atom stereocenters. The van der Waals surface area contributed by atoms with Gasteiger partial charge in [0.05, 0.1) is 0 Å². The highest BCUT2D eigenvalue weighted by Gasteiger charge is 2.14. The molecule has 0 radical (unpaired) electrons. The maximum absolute atomic E-state index is 12.7. The van der Waals surface area contributed by atoms with Crippen molar-refractivity contribution in [3.05, 3.63) is 81.8 Å². The second kappa shape index (κ2) is 7.99. The smallest absolute Gasteiger partial charge is 0.254 e. The van der Waals surface area contributed by atoms with Gasteiger partial charge in [0.25, 0.3) is 5.56 Å². The van der Waals surface area contributed by atoms with Crippen LogP contribution in [0.4, 0.5) is 5.69 Å². The van der Waals surface area contributed by atoms with Crippen molar-refractivity contribution in [2.24, 2.45) is 0 Å². The lowest BCUT2D eigenvalue weighted by molar-refractivity contribution is -0.116. The Balaban J connectivity index is 1.95. The van der Waals surface area contributed by atoms with Gasteiger partial charge < -0.3 is 5.32 Å². The van der Waals surface area contributed by atoms with Crippen LogP contribution >= 0.6 is 0 Å². The molecule has 3 rings (SSSR count). The molecule has 1 amide bonds. The molecule has 5 nitrogen and oxygen atoms in total. The molecule has 5 heteroatoms. The first kappa shape index (κ1) is 18.6. The fourth-order valence-electron chi connectivity index (χ4n) is 3.11. The van der Waals surface area contributed by atoms with E-state index in [4.69, 9.17) is 0 Å². The minimum atomic E-state index is -0.246. The highest BCUT2D eigenvalue weighted by Crippen LogP contribution is 2.21. The minimum Gasteiger partial charge on any atom is -0.324 e. The molecule has 0 fully saturated rings. The van der Waals surface area contributed by atoms with E-state index >= 15 is 0 Å². The van der Waals surface area contributed by atoms with Gasteiger partial charge in [0.1, 0.15) is 12.4 Å². The molecule has 0 spiro atoms. The second-order valence-electron chi connectivity index (χ2n) is 6.52. The van der Waals surface area contributed by atoms with Gasteiger partial charge in [0.2, 0.25) is 5.91 Å². The van der Waals surface area contributed by atoms with Crippen LogP contribution < -0.4 is 10.9 Å². The number of rotatable bonds is 5. The quantitative estimate of drug-likeness (QED) is 0.753. The molecule has 0 saturated heterocycles. The van der Waals surface area contributed by atoms with E-state index in [9.17, 15) is 9.59 Å². The molecule has 1 heterocycles. The number of carbonyl (C=O) groups excluding carboxylic acids is 1. The molecule has 0 aliphatic heterocycles. The topological polar surface area (TPSA) is 64.0 Å². The number of anilines is 1. The number of benzene rings is 2. The second-order valence-corrected chi connectivity index (χ2v) is 6.52. The zero-order valence-corrected chi connectivity index (χ0v) is 15.8. The van der Waals surface area contributed by atoms with Crippen LogP contribution in [0.5, 0.6) is 0 Å². The van der Waals surface area contributed by atoms with E-state index < -0.39 is 0 Å². The van der Waals surface area contributed by atoms with E-state index in [1.54, 1.807) is 6.92 Å². The third-order valence-electron chi connectivity index (χ3n) is 4.47. The Hall–Kier alpha value is -3.21. The van der Waals surface area contributed by atoms with Gasteiger partial charge in [-0.3, -0.25) is 14.2 Å². The SMILES string of the molecule is CCc1cccc(C)c1NC(=O)Cn1c(-c2ccccc2)nc(C)cc1=O. The van der Waals surface area contributed by atoms with Gasteiger partial charge in [0, 0.05) is 23.0 Å². The van der Waals surface area contributed by atoms with E-state index in [1.807, 2.05) is 62.4 Å². The third-order valence-corrected chi connectivity index (χ3v) is 4.47. The lowest BCUT2D eigenvalue weighted by atomic mass is 10.1. The van der Waals surface area contributed by atoms with Gasteiger partial charge in [-0.25, -0.2) is 4.98 Å². The van der Waals surface area contributed by atoms with Crippen molar-refractivity contribution in [3.63, 3.8) is 0 Å². The standard InChI is InChI=1S/C22H23N3O2/c1-4-17-12-8-9-15(2)21(17)24-19(26)14-25-20(27)13-16(3)23-22(25)18-10-6-5-7-11-18/h5-13H,4,14H2,1-3H3,(H,24,26). The number of hydrogen-bond donors (Lipinski definition) is 1. The molecule has 0 aliphatic carbocycles. The predicted octanol–water partition coefficient (Wildman–Crippen LogP) is 3.73. The summed E-state index contributed by atoms with van der Waals surface area (Å²) in [6, 6.07) is 16.8. The molecule has 1 N–H and O–H groups in total. The van der Waals surface area contributed by atoms with Crippen LogP contribution in [-0.2, 0) is 17.8 Å². The molecule has 138 valence electrons. The predicted molar refractivity (Wildman–Crippen MR) is 108 cm³/mol. The van der Waals surface area contributed by atoms with Crippen LogP contribution in [0.2, 0.25) is 0 Å². The summed E-state index contributed by atoms with van der Waals surface area (Å²) in [6.45, 7) is 5.70. The van der Waals surface area contributed by atoms with Crippen LogP contribution in [0.25, 0.3) is 11.4 Å². The molecule has 0 bridgehead atoms. The largest absolute Gasteiger partial charge is 0.324 e. The summed E-state index contributed by atoms with van der Waals surface area (Å²) in [7, 11) is 0. The van der Waals surface area contributed by atoms with Crippen molar-refractivity contribution >= 4 is 11.6 Å². The van der Waals surface area contributed by atoms with Gasteiger partial charge in [-0.05, 0) is 31.4 Å². The summed E-state index contributed by atoms with van der Waals surface area (Å²) in [5.74, 6) is 0.250. The highest BCUT2D eigenvalue weighted by atomic mass is 16.2. The number of nitrogens with one attached hydrogen (secondary N) is 1. The Morgan fingerprint density at radius 1 is 1.07 bits per heavy atom. The van der Waals surface area contributed by atoms with E-state index in [1.165, 1.54) is 10.6 Å². The van der Waals surface area contributed by atoms with Gasteiger partial charge >= 0.3 is 0 Å². The lowest BCUT2D eigenvalue weighted by Crippen LogP contribution is -2.30. The van der Waals surface area contributed by atoms with E-state index in [0.29, 0.717) is 11.5 Å². The maximum Gasteiger partial charge on any atom is 0.254 e. The Morgan fingerprint density at radius 3 is 2.52 bits per heavy atom. The van der Waals surface area contributed by atoms with Gasteiger partial charge in [-0.2, -0.15) is 0 Å². The molecular weight excluding hydrogens is 338 g/mol. The van der Waals surface area contributed by atoms with Crippen molar-refractivity contribution in [1.29, 1.82) is 0 Å². The van der Waals surface area contributed by atoms with Crippen molar-refractivity contribution in [2.75, 3.05) is 5.32 Å². The Morgan fingerprint density at radius 2 is 1.81 bits per heavy atom. The molecule has 0 aliphatic rings. The lowest BCUT2D eigenvalue weighted by Gasteiger charge is -2.15. The average Bonchev–Trinajstić information content (AvgIpc) is 2.66. The van der Waals surface area contributed by atoms with Gasteiger partial charge in [-0.15, -0.1) is 0 Å². The zero-order valence-electron chi connectivity index (χ0n) is 15.8. The first-order valence-electron chi connectivity index (χ1n) is 9.02. The summed E-state index contributed by atoms with van der Waals surface area (Å²) < 4.78 is 1.42. The molecule has 0 unspecified atom stereocenters. The summed E-state index contributed by atoms with van der Waals surface area (Å²) in [5, 5.41) is 2.97. The Bertz CT molecular complexity index is 1020. The fourth-order valence-corrected chi connectivity index (χ4v) is 3.11. The number of aryl methyl sites for hydroxylation is 3. The third kappa shape index (κ3) is 4.14. The first-order chi connectivity index (χ1) is 13.0. The molecule has 3 aromatic rings. The van der Waals surface area contributed by atoms with Crippen molar-refractivity contribution in [2.45, 2.75) is 33.7 Å². The average molecular weight is 361 g/mol. The number of hydrogen-bond acceptors (Lipinski definition) is 3. The molecule has 0 saturated carbocycles. The number of nitrogens with zero attached hydrogens (tertiary/aromatic N) is 2. The number of carbonyl (C=O) groups is 1. The van der Waals surface area contributed by atoms with Crippen molar-refractivity contribution < 1.29 is 4.79 Å². The summed E-state index contributed by atoms with van der Waals surface area (Å²) >= 11 is 0.